The number of rotatable bonds is 8. The van der Waals surface area contributed by atoms with E-state index in [-0.39, 0.29) is 42.7 Å². The lowest BCUT2D eigenvalue weighted by molar-refractivity contribution is -0.137. The van der Waals surface area contributed by atoms with E-state index in [2.05, 4.69) is 5.32 Å². The van der Waals surface area contributed by atoms with Crippen LogP contribution in [0.3, 0.4) is 0 Å². The third kappa shape index (κ3) is 8.50. The largest absolute Gasteiger partial charge is 0.416 e. The van der Waals surface area contributed by atoms with Gasteiger partial charge in [-0.2, -0.15) is 13.2 Å². The molecule has 4 aliphatic rings. The number of aryl methyl sites for hydroxylation is 1. The Morgan fingerprint density at radius 1 is 0.957 bits per heavy atom. The number of nitrogens with one attached hydrogen (secondary N) is 1. The normalized spacial score (nSPS) is 26.8. The number of aromatic nitrogens is 2. The Hall–Kier alpha value is -2.67. The Bertz CT molecular complexity index is 1350. The smallest absolute Gasteiger partial charge is 0.381 e. The van der Waals surface area contributed by atoms with Crippen LogP contribution >= 0.6 is 0 Å². The second-order valence-corrected chi connectivity index (χ2v) is 13.4. The fraction of sp³-hybridized carbons (Fsp3) is 0.686. The first-order valence-electron chi connectivity index (χ1n) is 17.2. The molecule has 0 saturated carbocycles. The zero-order chi connectivity index (χ0) is 33.0. The Kier molecular flexibility index (Phi) is 11.1. The van der Waals surface area contributed by atoms with Gasteiger partial charge in [0.1, 0.15) is 17.7 Å². The van der Waals surface area contributed by atoms with E-state index in [1.54, 1.807) is 0 Å². The summed E-state index contributed by atoms with van der Waals surface area (Å²) in [5.74, 6) is 0.714. The molecule has 1 aromatic heterocycles. The predicted octanol–water partition coefficient (Wildman–Crippen LogP) is 6.26. The summed E-state index contributed by atoms with van der Waals surface area (Å²) in [4.78, 5) is 25.7. The second kappa shape index (κ2) is 15.3. The maximum atomic E-state index is 14.3. The first-order chi connectivity index (χ1) is 22.7. The molecule has 4 saturated heterocycles. The van der Waals surface area contributed by atoms with Gasteiger partial charge in [-0.25, -0.2) is 14.4 Å². The first kappa shape index (κ1) is 34.2. The van der Waals surface area contributed by atoms with Gasteiger partial charge >= 0.3 is 6.18 Å². The van der Waals surface area contributed by atoms with Crippen molar-refractivity contribution in [1.29, 1.82) is 0 Å². The summed E-state index contributed by atoms with van der Waals surface area (Å²) in [6.45, 7) is 5.03. The molecule has 1 aromatic carbocycles. The van der Waals surface area contributed by atoms with Gasteiger partial charge < -0.3 is 24.4 Å². The van der Waals surface area contributed by atoms with Crippen molar-refractivity contribution in [2.24, 2.45) is 0 Å². The molecule has 0 radical (unpaired) electrons. The molecule has 1 N–H and O–H groups in total. The van der Waals surface area contributed by atoms with Gasteiger partial charge in [-0.3, -0.25) is 4.79 Å². The number of benzene rings is 1. The van der Waals surface area contributed by atoms with E-state index in [4.69, 9.17) is 24.2 Å². The summed E-state index contributed by atoms with van der Waals surface area (Å²) in [7, 11) is 0. The van der Waals surface area contributed by atoms with E-state index in [0.717, 1.165) is 73.9 Å². The number of halogens is 4. The minimum Gasteiger partial charge on any atom is -0.381 e. The summed E-state index contributed by atoms with van der Waals surface area (Å²) < 4.78 is 70.7. The van der Waals surface area contributed by atoms with Crippen LogP contribution in [0.25, 0.3) is 0 Å². The summed E-state index contributed by atoms with van der Waals surface area (Å²) in [5, 5.41) is 3.46. The van der Waals surface area contributed by atoms with Gasteiger partial charge in [-0.15, -0.1) is 0 Å². The fourth-order valence-corrected chi connectivity index (χ4v) is 7.31. The molecule has 5 heterocycles. The van der Waals surface area contributed by atoms with Crippen LogP contribution in [0, 0.1) is 6.92 Å². The Labute approximate surface area is 274 Å². The van der Waals surface area contributed by atoms with E-state index >= 15 is 0 Å². The van der Waals surface area contributed by atoms with Crippen LogP contribution < -0.4 is 5.32 Å². The Morgan fingerprint density at radius 2 is 1.68 bits per heavy atom. The lowest BCUT2D eigenvalue weighted by atomic mass is 9.94. The van der Waals surface area contributed by atoms with Gasteiger partial charge in [0.05, 0.1) is 24.4 Å². The molecule has 0 aliphatic carbocycles. The number of carbonyl (C=O) groups excluding carboxylic acids is 1. The highest BCUT2D eigenvalue weighted by atomic mass is 19.4. The standard InChI is InChI=1S/C35H46F4N4O4/c1-22-29(10-9-27-3-2-4-31(47-27)23-5-7-25(8-6-23)35(37,38)39)41-33(24-13-18-45-19-14-24)42-32(22)34(44)43-16-11-26(12-17-43)40-30-15-20-46-21-28(30)36/h5-8,24,26-28,30-31,40H,2-4,9-21H2,1H3/t27-,28+,30-,31+/m1/s1. The van der Waals surface area contributed by atoms with E-state index in [1.807, 2.05) is 11.8 Å². The zero-order valence-electron chi connectivity index (χ0n) is 27.1. The maximum absolute atomic E-state index is 14.3. The van der Waals surface area contributed by atoms with Crippen LogP contribution in [0.15, 0.2) is 24.3 Å². The molecular weight excluding hydrogens is 616 g/mol. The lowest BCUT2D eigenvalue weighted by Gasteiger charge is -2.36. The summed E-state index contributed by atoms with van der Waals surface area (Å²) in [6, 6.07) is 5.22. The molecular formula is C35H46F4N4O4. The molecule has 12 heteroatoms. The van der Waals surface area contributed by atoms with Gasteiger partial charge in [-0.1, -0.05) is 12.1 Å². The molecule has 0 unspecified atom stereocenters. The van der Waals surface area contributed by atoms with Crippen molar-refractivity contribution < 1.29 is 36.6 Å². The predicted molar refractivity (Wildman–Crippen MR) is 167 cm³/mol. The maximum Gasteiger partial charge on any atom is 0.416 e. The molecule has 1 amide bonds. The number of hydrogen-bond acceptors (Lipinski definition) is 7. The second-order valence-electron chi connectivity index (χ2n) is 13.4. The van der Waals surface area contributed by atoms with Crippen LogP contribution in [0.4, 0.5) is 17.6 Å². The van der Waals surface area contributed by atoms with Crippen LogP contribution in [0.2, 0.25) is 0 Å². The Balaban J connectivity index is 1.12. The molecule has 2 aromatic rings. The van der Waals surface area contributed by atoms with Crippen molar-refractivity contribution in [3.63, 3.8) is 0 Å². The average Bonchev–Trinajstić information content (AvgIpc) is 3.09. The quantitative estimate of drug-likeness (QED) is 0.334. The SMILES string of the molecule is Cc1c(CC[C@H]2CCC[C@@H](c3ccc(C(F)(F)F)cc3)O2)nc(C2CCOCC2)nc1C(=O)N1CCC(N[C@@H]2CCOC[C@@H]2F)CC1. The molecule has 4 atom stereocenters. The van der Waals surface area contributed by atoms with E-state index < -0.39 is 17.9 Å². The van der Waals surface area contributed by atoms with Crippen molar-refractivity contribution in [2.45, 2.75) is 114 Å². The van der Waals surface area contributed by atoms with Gasteiger partial charge in [0.2, 0.25) is 0 Å². The van der Waals surface area contributed by atoms with E-state index in [9.17, 15) is 22.4 Å². The first-order valence-corrected chi connectivity index (χ1v) is 17.2. The average molecular weight is 663 g/mol. The monoisotopic (exact) mass is 662 g/mol. The van der Waals surface area contributed by atoms with Crippen molar-refractivity contribution in [3.05, 3.63) is 58.2 Å². The van der Waals surface area contributed by atoms with Crippen LogP contribution in [-0.4, -0.2) is 84.7 Å². The number of likely N-dealkylation sites (tertiary alicyclic amines) is 1. The van der Waals surface area contributed by atoms with Crippen molar-refractivity contribution in [2.75, 3.05) is 39.5 Å². The third-order valence-corrected chi connectivity index (χ3v) is 10.2. The zero-order valence-corrected chi connectivity index (χ0v) is 27.1. The van der Waals surface area contributed by atoms with Gasteiger partial charge in [-0.05, 0) is 88.8 Å². The van der Waals surface area contributed by atoms with Crippen LogP contribution in [-0.2, 0) is 26.8 Å². The van der Waals surface area contributed by atoms with Crippen molar-refractivity contribution in [3.8, 4) is 0 Å². The topological polar surface area (TPSA) is 85.8 Å². The minimum atomic E-state index is -4.37. The fourth-order valence-electron chi connectivity index (χ4n) is 7.31. The number of hydrogen-bond donors (Lipinski definition) is 1. The van der Waals surface area contributed by atoms with Crippen molar-refractivity contribution >= 4 is 5.91 Å². The number of amides is 1. The summed E-state index contributed by atoms with van der Waals surface area (Å²) in [6.07, 6.45) is 1.89. The van der Waals surface area contributed by atoms with E-state index in [1.165, 1.54) is 12.1 Å². The molecule has 0 bridgehead atoms. The number of alkyl halides is 4. The number of carbonyl (C=O) groups is 1. The molecule has 47 heavy (non-hydrogen) atoms. The van der Waals surface area contributed by atoms with Gasteiger partial charge in [0.25, 0.3) is 5.91 Å². The molecule has 0 spiro atoms. The highest BCUT2D eigenvalue weighted by Crippen LogP contribution is 2.36. The number of nitrogens with zero attached hydrogens (tertiary/aromatic N) is 3. The third-order valence-electron chi connectivity index (χ3n) is 10.2. The van der Waals surface area contributed by atoms with Crippen molar-refractivity contribution in [1.82, 2.24) is 20.2 Å². The summed E-state index contributed by atoms with van der Waals surface area (Å²) in [5.41, 5.74) is 2.17. The van der Waals surface area contributed by atoms with E-state index in [0.29, 0.717) is 63.7 Å². The molecule has 6 rings (SSSR count). The molecule has 258 valence electrons. The number of ether oxygens (including phenoxy) is 3. The van der Waals surface area contributed by atoms with Crippen LogP contribution in [0.1, 0.15) is 109 Å². The minimum absolute atomic E-state index is 0.0673. The summed E-state index contributed by atoms with van der Waals surface area (Å²) >= 11 is 0. The molecule has 4 aliphatic heterocycles. The number of piperidine rings is 1. The molecule has 4 fully saturated rings. The Morgan fingerprint density at radius 3 is 2.38 bits per heavy atom. The van der Waals surface area contributed by atoms with Gasteiger partial charge in [0.15, 0.2) is 0 Å². The lowest BCUT2D eigenvalue weighted by Crippen LogP contribution is -2.52. The highest BCUT2D eigenvalue weighted by Gasteiger charge is 2.33. The van der Waals surface area contributed by atoms with Gasteiger partial charge in [0, 0.05) is 62.2 Å². The molecule has 8 nitrogen and oxygen atoms in total. The van der Waals surface area contributed by atoms with Crippen LogP contribution in [0.5, 0.6) is 0 Å². The highest BCUT2D eigenvalue weighted by molar-refractivity contribution is 5.94.